The van der Waals surface area contributed by atoms with E-state index in [4.69, 9.17) is 32.7 Å². The fraction of sp³-hybridized carbons (Fsp3) is 0.471. The van der Waals surface area contributed by atoms with Crippen molar-refractivity contribution in [1.29, 1.82) is 0 Å². The number of nitrogens with zero attached hydrogens (tertiary/aromatic N) is 4. The van der Waals surface area contributed by atoms with E-state index in [1.54, 1.807) is 24.3 Å². The number of halogens is 2. The van der Waals surface area contributed by atoms with Crippen molar-refractivity contribution in [3.8, 4) is 11.5 Å². The summed E-state index contributed by atoms with van der Waals surface area (Å²) in [7, 11) is 0. The molecule has 3 aliphatic heterocycles. The molecule has 0 aromatic heterocycles. The molecule has 268 valence electrons. The average Bonchev–Trinajstić information content (AvgIpc) is 3.12. The number of hydrogen-bond donors (Lipinski definition) is 4. The van der Waals surface area contributed by atoms with Crippen LogP contribution >= 0.6 is 23.2 Å². The zero-order valence-corrected chi connectivity index (χ0v) is 29.3. The lowest BCUT2D eigenvalue weighted by Crippen LogP contribution is -2.47. The van der Waals surface area contributed by atoms with Crippen LogP contribution in [0.15, 0.2) is 46.6 Å². The Bertz CT molecular complexity index is 1490. The Morgan fingerprint density at radius 1 is 0.680 bits per heavy atom. The molecule has 5 rings (SSSR count). The molecular formula is C34H42Cl2N8O6. The molecule has 2 aromatic rings. The topological polar surface area (TPSA) is 166 Å². The first-order chi connectivity index (χ1) is 24.2. The standard InChI is InChI=1S/C34H42Cl2N8O6/c35-25-19-23(27-5-9-31(45)41-39-27)3-7-29(25)49-21-33(47)37-11-1-13-43-15-17-44(18-16-43)14-2-12-38-34(48)22-50-30-8-4-24(20-26(30)36)28-6-10-32(46)42-40-28/h3-4,7-8,19-20H,1-2,5-6,9-18,21-22H2,(H,37,47)(H,38,48)(H,41,45)(H,42,46). The Kier molecular flexibility index (Phi) is 13.8. The number of carbonyl (C=O) groups excluding carboxylic acids is 4. The Labute approximate surface area is 300 Å². The van der Waals surface area contributed by atoms with Crippen molar-refractivity contribution >= 4 is 58.3 Å². The van der Waals surface area contributed by atoms with Gasteiger partial charge in [0.2, 0.25) is 11.8 Å². The van der Waals surface area contributed by atoms with E-state index in [0.717, 1.165) is 74.7 Å². The van der Waals surface area contributed by atoms with Gasteiger partial charge >= 0.3 is 0 Å². The van der Waals surface area contributed by atoms with Crippen LogP contribution in [0.5, 0.6) is 11.5 Å². The number of rotatable bonds is 16. The first-order valence-electron chi connectivity index (χ1n) is 16.8. The van der Waals surface area contributed by atoms with Crippen LogP contribution in [0, 0.1) is 0 Å². The second-order valence-electron chi connectivity index (χ2n) is 12.1. The highest BCUT2D eigenvalue weighted by molar-refractivity contribution is 6.33. The van der Waals surface area contributed by atoms with Crippen LogP contribution in [0.25, 0.3) is 0 Å². The number of nitrogens with one attached hydrogen (secondary N) is 4. The molecule has 0 aliphatic carbocycles. The molecular weight excluding hydrogens is 687 g/mol. The van der Waals surface area contributed by atoms with E-state index in [1.807, 2.05) is 12.1 Å². The number of hydrazone groups is 2. The van der Waals surface area contributed by atoms with Crippen molar-refractivity contribution in [3.05, 3.63) is 57.6 Å². The molecule has 0 atom stereocenters. The molecule has 3 aliphatic rings. The van der Waals surface area contributed by atoms with E-state index >= 15 is 0 Å². The molecule has 2 aromatic carbocycles. The first-order valence-corrected chi connectivity index (χ1v) is 17.5. The van der Waals surface area contributed by atoms with E-state index in [2.05, 4.69) is 41.5 Å². The second kappa shape index (κ2) is 18.7. The summed E-state index contributed by atoms with van der Waals surface area (Å²) in [6.07, 6.45) is 3.50. The van der Waals surface area contributed by atoms with Crippen LogP contribution in [0.4, 0.5) is 0 Å². The summed E-state index contributed by atoms with van der Waals surface area (Å²) < 4.78 is 11.2. The third-order valence-corrected chi connectivity index (χ3v) is 9.06. The molecule has 14 nitrogen and oxygen atoms in total. The molecule has 16 heteroatoms. The third kappa shape index (κ3) is 11.4. The highest BCUT2D eigenvalue weighted by Gasteiger charge is 2.18. The van der Waals surface area contributed by atoms with E-state index in [-0.39, 0.29) is 36.8 Å². The molecule has 0 radical (unpaired) electrons. The van der Waals surface area contributed by atoms with Gasteiger partial charge in [0.25, 0.3) is 11.8 Å². The van der Waals surface area contributed by atoms with Crippen LogP contribution in [0.2, 0.25) is 10.0 Å². The summed E-state index contributed by atoms with van der Waals surface area (Å²) >= 11 is 12.7. The van der Waals surface area contributed by atoms with Crippen molar-refractivity contribution in [2.75, 3.05) is 65.6 Å². The van der Waals surface area contributed by atoms with Gasteiger partial charge in [-0.25, -0.2) is 10.9 Å². The van der Waals surface area contributed by atoms with Gasteiger partial charge in [0.1, 0.15) is 11.5 Å². The molecule has 1 saturated heterocycles. The van der Waals surface area contributed by atoms with Crippen LogP contribution < -0.4 is 31.0 Å². The average molecular weight is 730 g/mol. The van der Waals surface area contributed by atoms with E-state index in [0.29, 0.717) is 60.3 Å². The summed E-state index contributed by atoms with van der Waals surface area (Å²) in [5.41, 5.74) is 8.04. The van der Waals surface area contributed by atoms with Gasteiger partial charge in [0, 0.05) is 65.0 Å². The lowest BCUT2D eigenvalue weighted by molar-refractivity contribution is -0.123. The van der Waals surface area contributed by atoms with Crippen LogP contribution in [-0.4, -0.2) is 110 Å². The second-order valence-corrected chi connectivity index (χ2v) is 13.0. The zero-order chi connectivity index (χ0) is 35.3. The van der Waals surface area contributed by atoms with Gasteiger partial charge in [-0.15, -0.1) is 0 Å². The van der Waals surface area contributed by atoms with E-state index in [1.165, 1.54) is 0 Å². The van der Waals surface area contributed by atoms with Gasteiger partial charge in [0.15, 0.2) is 13.2 Å². The smallest absolute Gasteiger partial charge is 0.257 e. The van der Waals surface area contributed by atoms with Gasteiger partial charge in [-0.2, -0.15) is 10.2 Å². The van der Waals surface area contributed by atoms with Crippen molar-refractivity contribution < 1.29 is 28.7 Å². The first kappa shape index (κ1) is 37.0. The third-order valence-electron chi connectivity index (χ3n) is 8.47. The van der Waals surface area contributed by atoms with Crippen molar-refractivity contribution in [3.63, 3.8) is 0 Å². The van der Waals surface area contributed by atoms with E-state index in [9.17, 15) is 19.2 Å². The Morgan fingerprint density at radius 3 is 1.46 bits per heavy atom. The van der Waals surface area contributed by atoms with Crippen molar-refractivity contribution in [2.45, 2.75) is 38.5 Å². The summed E-state index contributed by atoms with van der Waals surface area (Å²) in [4.78, 5) is 52.0. The number of hydrogen-bond acceptors (Lipinski definition) is 10. The zero-order valence-electron chi connectivity index (χ0n) is 27.8. The molecule has 0 unspecified atom stereocenters. The van der Waals surface area contributed by atoms with Crippen LogP contribution in [0.3, 0.4) is 0 Å². The predicted octanol–water partition coefficient (Wildman–Crippen LogP) is 2.31. The minimum Gasteiger partial charge on any atom is -0.482 e. The highest BCUT2D eigenvalue weighted by Crippen LogP contribution is 2.28. The lowest BCUT2D eigenvalue weighted by Gasteiger charge is -2.34. The number of piperazine rings is 1. The SMILES string of the molecule is O=C(COc1ccc(C2=NNC(=O)CC2)cc1Cl)NCCCN1CCN(CCCNC(=O)COc2ccc(C3=NNC(=O)CC3)cc2Cl)CC1. The molecule has 4 amide bonds. The molecule has 50 heavy (non-hydrogen) atoms. The largest absolute Gasteiger partial charge is 0.482 e. The maximum Gasteiger partial charge on any atom is 0.257 e. The maximum absolute atomic E-state index is 12.3. The molecule has 0 saturated carbocycles. The summed E-state index contributed by atoms with van der Waals surface area (Å²) in [5.74, 6) is 0.177. The molecule has 0 bridgehead atoms. The Hall–Kier alpha value is -4.24. The highest BCUT2D eigenvalue weighted by atomic mass is 35.5. The number of amides is 4. The fourth-order valence-corrected chi connectivity index (χ4v) is 6.12. The fourth-order valence-electron chi connectivity index (χ4n) is 5.65. The van der Waals surface area contributed by atoms with Crippen molar-refractivity contribution in [2.24, 2.45) is 10.2 Å². The maximum atomic E-state index is 12.3. The van der Waals surface area contributed by atoms with Gasteiger partial charge in [-0.1, -0.05) is 23.2 Å². The van der Waals surface area contributed by atoms with E-state index < -0.39 is 0 Å². The summed E-state index contributed by atoms with van der Waals surface area (Å²) in [6.45, 7) is 6.42. The normalized spacial score (nSPS) is 16.8. The lowest BCUT2D eigenvalue weighted by atomic mass is 10.0. The Balaban J connectivity index is 0.876. The predicted molar refractivity (Wildman–Crippen MR) is 190 cm³/mol. The number of carbonyl (C=O) groups is 4. The van der Waals surface area contributed by atoms with Crippen LogP contribution in [0.1, 0.15) is 49.7 Å². The summed E-state index contributed by atoms with van der Waals surface area (Å²) in [5, 5.41) is 14.7. The van der Waals surface area contributed by atoms with Gasteiger partial charge in [-0.05, 0) is 73.5 Å². The Morgan fingerprint density at radius 2 is 1.10 bits per heavy atom. The quantitative estimate of drug-likeness (QED) is 0.191. The number of benzene rings is 2. The van der Waals surface area contributed by atoms with Crippen LogP contribution in [-0.2, 0) is 19.2 Å². The van der Waals surface area contributed by atoms with Gasteiger partial charge < -0.3 is 29.9 Å². The molecule has 4 N–H and O–H groups in total. The molecule has 3 heterocycles. The molecule has 0 spiro atoms. The van der Waals surface area contributed by atoms with Crippen molar-refractivity contribution in [1.82, 2.24) is 31.3 Å². The summed E-state index contributed by atoms with van der Waals surface area (Å²) in [6, 6.07) is 10.5. The minimum absolute atomic E-state index is 0.109. The minimum atomic E-state index is -0.213. The van der Waals surface area contributed by atoms with Gasteiger partial charge in [0.05, 0.1) is 21.5 Å². The molecule has 1 fully saturated rings. The number of ether oxygens (including phenoxy) is 2. The monoisotopic (exact) mass is 728 g/mol. The van der Waals surface area contributed by atoms with Gasteiger partial charge in [-0.3, -0.25) is 19.2 Å².